The van der Waals surface area contributed by atoms with Gasteiger partial charge < -0.3 is 24.8 Å². The Morgan fingerprint density at radius 2 is 1.93 bits per heavy atom. The molecule has 1 heterocycles. The van der Waals surface area contributed by atoms with Crippen molar-refractivity contribution in [2.75, 3.05) is 32.1 Å². The Hall–Kier alpha value is -3.22. The minimum absolute atomic E-state index is 0.0212. The molecule has 1 saturated heterocycles. The number of aromatic hydroxyl groups is 1. The predicted octanol–water partition coefficient (Wildman–Crippen LogP) is 3.44. The molecule has 0 bridgehead atoms. The molecular formula is C23H28N2O5. The molecule has 2 aromatic carbocycles. The number of benzene rings is 2. The normalized spacial score (nSPS) is 16.0. The number of nitrogens with zero attached hydrogens (tertiary/aromatic N) is 1. The van der Waals surface area contributed by atoms with E-state index in [4.69, 9.17) is 9.47 Å². The van der Waals surface area contributed by atoms with E-state index in [2.05, 4.69) is 5.32 Å². The summed E-state index contributed by atoms with van der Waals surface area (Å²) in [6.07, 6.45) is 2.20. The van der Waals surface area contributed by atoms with Crippen molar-refractivity contribution in [1.29, 1.82) is 0 Å². The summed E-state index contributed by atoms with van der Waals surface area (Å²) in [6, 6.07) is 13.8. The zero-order valence-corrected chi connectivity index (χ0v) is 17.2. The summed E-state index contributed by atoms with van der Waals surface area (Å²) in [5.74, 6) is 1.57. The average molecular weight is 412 g/mol. The monoisotopic (exact) mass is 412 g/mol. The van der Waals surface area contributed by atoms with Gasteiger partial charge in [0.2, 0.25) is 11.8 Å². The fourth-order valence-electron chi connectivity index (χ4n) is 3.52. The highest BCUT2D eigenvalue weighted by molar-refractivity contribution is 5.93. The molecule has 2 amide bonds. The Bertz CT molecular complexity index is 870. The second-order valence-electron chi connectivity index (χ2n) is 7.44. The molecule has 7 nitrogen and oxygen atoms in total. The molecule has 30 heavy (non-hydrogen) atoms. The summed E-state index contributed by atoms with van der Waals surface area (Å²) in [4.78, 5) is 26.5. The molecule has 1 fully saturated rings. The van der Waals surface area contributed by atoms with Gasteiger partial charge in [0, 0.05) is 49.7 Å². The molecule has 1 unspecified atom stereocenters. The summed E-state index contributed by atoms with van der Waals surface area (Å²) in [7, 11) is 1.62. The van der Waals surface area contributed by atoms with E-state index in [1.54, 1.807) is 19.2 Å². The van der Waals surface area contributed by atoms with Crippen LogP contribution < -0.4 is 14.8 Å². The number of anilines is 1. The molecule has 1 atom stereocenters. The zero-order chi connectivity index (χ0) is 21.3. The molecule has 1 aliphatic heterocycles. The molecule has 160 valence electrons. The first-order valence-corrected chi connectivity index (χ1v) is 10.2. The van der Waals surface area contributed by atoms with Gasteiger partial charge in [-0.1, -0.05) is 12.1 Å². The molecule has 2 aromatic rings. The Morgan fingerprint density at radius 3 is 2.73 bits per heavy atom. The molecule has 3 rings (SSSR count). The van der Waals surface area contributed by atoms with E-state index in [1.165, 1.54) is 12.1 Å². The van der Waals surface area contributed by atoms with Crippen molar-refractivity contribution < 1.29 is 24.2 Å². The third kappa shape index (κ3) is 6.40. The van der Waals surface area contributed by atoms with Gasteiger partial charge in [-0.25, -0.2) is 0 Å². The lowest BCUT2D eigenvalue weighted by Crippen LogP contribution is -2.41. The SMILES string of the molecule is COc1cccc(OCC2CCCN(C(=O)CCC(=O)Nc3cccc(O)c3)C2)c1. The van der Waals surface area contributed by atoms with Gasteiger partial charge in [0.1, 0.15) is 17.2 Å². The molecular weight excluding hydrogens is 384 g/mol. The number of hydrogen-bond donors (Lipinski definition) is 2. The summed E-state index contributed by atoms with van der Waals surface area (Å²) in [5, 5.41) is 12.2. The first-order chi connectivity index (χ1) is 14.5. The number of hydrogen-bond acceptors (Lipinski definition) is 5. The fourth-order valence-corrected chi connectivity index (χ4v) is 3.52. The lowest BCUT2D eigenvalue weighted by molar-refractivity contribution is -0.134. The Kier molecular flexibility index (Phi) is 7.54. The van der Waals surface area contributed by atoms with E-state index in [1.807, 2.05) is 29.2 Å². The van der Waals surface area contributed by atoms with E-state index >= 15 is 0 Å². The molecule has 7 heteroatoms. The standard InChI is InChI=1S/C23H28N2O5/c1-29-20-8-3-9-21(14-20)30-16-17-5-4-12-25(15-17)23(28)11-10-22(27)24-18-6-2-7-19(26)13-18/h2-3,6-9,13-14,17,26H,4-5,10-12,15-16H2,1H3,(H,24,27). The van der Waals surface area contributed by atoms with Crippen LogP contribution >= 0.6 is 0 Å². The third-order valence-corrected chi connectivity index (χ3v) is 5.09. The smallest absolute Gasteiger partial charge is 0.224 e. The van der Waals surface area contributed by atoms with Crippen molar-refractivity contribution >= 4 is 17.5 Å². The maximum atomic E-state index is 12.6. The number of amides is 2. The topological polar surface area (TPSA) is 88.1 Å². The molecule has 2 N–H and O–H groups in total. The van der Waals surface area contributed by atoms with Gasteiger partial charge in [0.15, 0.2) is 0 Å². The van der Waals surface area contributed by atoms with Crippen LogP contribution in [-0.4, -0.2) is 48.6 Å². The van der Waals surface area contributed by atoms with Crippen LogP contribution in [0.5, 0.6) is 17.2 Å². The van der Waals surface area contributed by atoms with Crippen LogP contribution in [0.25, 0.3) is 0 Å². The van der Waals surface area contributed by atoms with Gasteiger partial charge in [0.25, 0.3) is 0 Å². The van der Waals surface area contributed by atoms with Gasteiger partial charge in [-0.3, -0.25) is 9.59 Å². The van der Waals surface area contributed by atoms with Crippen molar-refractivity contribution in [2.24, 2.45) is 5.92 Å². The van der Waals surface area contributed by atoms with E-state index in [0.29, 0.717) is 25.4 Å². The number of nitrogens with one attached hydrogen (secondary N) is 1. The first kappa shape index (κ1) is 21.5. The third-order valence-electron chi connectivity index (χ3n) is 5.09. The largest absolute Gasteiger partial charge is 0.508 e. The summed E-state index contributed by atoms with van der Waals surface area (Å²) >= 11 is 0. The number of phenolic OH excluding ortho intramolecular Hbond substituents is 1. The summed E-state index contributed by atoms with van der Waals surface area (Å²) in [5.41, 5.74) is 0.514. The van der Waals surface area contributed by atoms with E-state index < -0.39 is 0 Å². The first-order valence-electron chi connectivity index (χ1n) is 10.2. The molecule has 0 aliphatic carbocycles. The Balaban J connectivity index is 1.42. The number of ether oxygens (including phenoxy) is 2. The van der Waals surface area contributed by atoms with Crippen LogP contribution in [0.1, 0.15) is 25.7 Å². The Morgan fingerprint density at radius 1 is 1.13 bits per heavy atom. The maximum absolute atomic E-state index is 12.6. The van der Waals surface area contributed by atoms with Gasteiger partial charge in [-0.2, -0.15) is 0 Å². The minimum Gasteiger partial charge on any atom is -0.508 e. The molecule has 0 aromatic heterocycles. The Labute approximate surface area is 176 Å². The number of likely N-dealkylation sites (tertiary alicyclic amines) is 1. The van der Waals surface area contributed by atoms with Crippen molar-refractivity contribution in [2.45, 2.75) is 25.7 Å². The van der Waals surface area contributed by atoms with E-state index in [9.17, 15) is 14.7 Å². The molecule has 0 radical (unpaired) electrons. The summed E-state index contributed by atoms with van der Waals surface area (Å²) < 4.78 is 11.1. The van der Waals surface area contributed by atoms with Crippen LogP contribution in [-0.2, 0) is 9.59 Å². The molecule has 0 saturated carbocycles. The second-order valence-corrected chi connectivity index (χ2v) is 7.44. The fraction of sp³-hybridized carbons (Fsp3) is 0.391. The van der Waals surface area contributed by atoms with Crippen molar-refractivity contribution in [3.05, 3.63) is 48.5 Å². The number of methoxy groups -OCH3 is 1. The van der Waals surface area contributed by atoms with Gasteiger partial charge in [-0.15, -0.1) is 0 Å². The molecule has 0 spiro atoms. The number of rotatable bonds is 8. The number of carbonyl (C=O) groups excluding carboxylic acids is 2. The van der Waals surface area contributed by atoms with E-state index in [-0.39, 0.29) is 36.3 Å². The maximum Gasteiger partial charge on any atom is 0.224 e. The lowest BCUT2D eigenvalue weighted by atomic mass is 9.98. The van der Waals surface area contributed by atoms with Crippen LogP contribution in [0.4, 0.5) is 5.69 Å². The van der Waals surface area contributed by atoms with Crippen LogP contribution in [0.15, 0.2) is 48.5 Å². The highest BCUT2D eigenvalue weighted by Gasteiger charge is 2.24. The number of piperidine rings is 1. The van der Waals surface area contributed by atoms with Crippen LogP contribution in [0.3, 0.4) is 0 Å². The average Bonchev–Trinajstić information content (AvgIpc) is 2.76. The second kappa shape index (κ2) is 10.5. The lowest BCUT2D eigenvalue weighted by Gasteiger charge is -2.32. The quantitative estimate of drug-likeness (QED) is 0.694. The molecule has 1 aliphatic rings. The number of phenols is 1. The van der Waals surface area contributed by atoms with Gasteiger partial charge >= 0.3 is 0 Å². The highest BCUT2D eigenvalue weighted by atomic mass is 16.5. The number of carbonyl (C=O) groups is 2. The van der Waals surface area contributed by atoms with Crippen LogP contribution in [0.2, 0.25) is 0 Å². The highest BCUT2D eigenvalue weighted by Crippen LogP contribution is 2.22. The summed E-state index contributed by atoms with van der Waals surface area (Å²) in [6.45, 7) is 1.88. The van der Waals surface area contributed by atoms with Gasteiger partial charge in [0.05, 0.1) is 13.7 Å². The van der Waals surface area contributed by atoms with Gasteiger partial charge in [-0.05, 0) is 37.1 Å². The predicted molar refractivity (Wildman–Crippen MR) is 114 cm³/mol. The van der Waals surface area contributed by atoms with E-state index in [0.717, 1.165) is 24.3 Å². The van der Waals surface area contributed by atoms with Crippen LogP contribution in [0, 0.1) is 5.92 Å². The van der Waals surface area contributed by atoms with Crippen molar-refractivity contribution in [1.82, 2.24) is 4.90 Å². The van der Waals surface area contributed by atoms with Crippen molar-refractivity contribution in [3.8, 4) is 17.2 Å². The minimum atomic E-state index is -0.246. The zero-order valence-electron chi connectivity index (χ0n) is 17.2. The van der Waals surface area contributed by atoms with Crippen molar-refractivity contribution in [3.63, 3.8) is 0 Å².